The lowest BCUT2D eigenvalue weighted by molar-refractivity contribution is -0.139. The molecule has 1 aromatic rings. The van der Waals surface area contributed by atoms with E-state index in [9.17, 15) is 9.59 Å². The molecule has 0 aromatic heterocycles. The summed E-state index contributed by atoms with van der Waals surface area (Å²) in [5.41, 5.74) is 1.53. The fourth-order valence-corrected chi connectivity index (χ4v) is 2.65. The van der Waals surface area contributed by atoms with Crippen LogP contribution in [0.2, 0.25) is 0 Å². The molecule has 1 aliphatic carbocycles. The van der Waals surface area contributed by atoms with Gasteiger partial charge in [0.05, 0.1) is 0 Å². The van der Waals surface area contributed by atoms with Crippen molar-refractivity contribution in [2.75, 3.05) is 0 Å². The number of benzene rings is 1. The van der Waals surface area contributed by atoms with Crippen LogP contribution < -0.4 is 0 Å². The minimum atomic E-state index is -1.31. The Morgan fingerprint density at radius 3 is 2.30 bits per heavy atom. The fourth-order valence-electron chi connectivity index (χ4n) is 2.25. The van der Waals surface area contributed by atoms with Crippen LogP contribution in [0, 0.1) is 5.92 Å². The topological polar surface area (TPSA) is 74.6 Å². The number of carbonyl (C=O) groups is 2. The summed E-state index contributed by atoms with van der Waals surface area (Å²) < 4.78 is -1.31. The Bertz CT molecular complexity index is 607. The lowest BCUT2D eigenvalue weighted by Crippen LogP contribution is -2.40. The first kappa shape index (κ1) is 19.2. The van der Waals surface area contributed by atoms with E-state index in [4.69, 9.17) is 10.2 Å². The molecule has 2 unspecified atom stereocenters. The zero-order valence-electron chi connectivity index (χ0n) is 13.2. The van der Waals surface area contributed by atoms with Crippen LogP contribution in [-0.2, 0) is 16.0 Å². The SMILES string of the molecule is CC1C(C(=O)O)=CC=CC1(Br)C(=O)O.CCCc1ccccc1. The van der Waals surface area contributed by atoms with Crippen LogP contribution in [0.4, 0.5) is 0 Å². The quantitative estimate of drug-likeness (QED) is 0.772. The lowest BCUT2D eigenvalue weighted by atomic mass is 9.83. The van der Waals surface area contributed by atoms with Gasteiger partial charge in [-0.2, -0.15) is 0 Å². The molecular weight excluding hydrogens is 360 g/mol. The molecule has 0 fully saturated rings. The van der Waals surface area contributed by atoms with Gasteiger partial charge in [0.25, 0.3) is 0 Å². The number of aryl methyl sites for hydroxylation is 1. The summed E-state index contributed by atoms with van der Waals surface area (Å²) in [5, 5.41) is 17.8. The Morgan fingerprint density at radius 1 is 1.22 bits per heavy atom. The average molecular weight is 381 g/mol. The van der Waals surface area contributed by atoms with Gasteiger partial charge in [0.2, 0.25) is 0 Å². The first-order valence-corrected chi connectivity index (χ1v) is 8.21. The van der Waals surface area contributed by atoms with E-state index in [-0.39, 0.29) is 5.57 Å². The van der Waals surface area contributed by atoms with Crippen LogP contribution in [0.5, 0.6) is 0 Å². The van der Waals surface area contributed by atoms with E-state index in [1.807, 2.05) is 0 Å². The van der Waals surface area contributed by atoms with Crippen LogP contribution in [-0.4, -0.2) is 26.5 Å². The van der Waals surface area contributed by atoms with Crippen molar-refractivity contribution in [3.05, 3.63) is 59.7 Å². The van der Waals surface area contributed by atoms with Gasteiger partial charge in [0, 0.05) is 11.5 Å². The van der Waals surface area contributed by atoms with Gasteiger partial charge < -0.3 is 10.2 Å². The third kappa shape index (κ3) is 5.06. The minimum Gasteiger partial charge on any atom is -0.480 e. The Hall–Kier alpha value is -1.88. The summed E-state index contributed by atoms with van der Waals surface area (Å²) in [7, 11) is 0. The standard InChI is InChI=1S/C9H9BrO4.C9H12/c1-5-6(7(11)12)3-2-4-9(5,10)8(13)14;1-2-6-9-7-4-3-5-8-9/h2-5H,1H3,(H,11,12)(H,13,14);3-5,7-8H,2,6H2,1H3. The molecule has 2 atom stereocenters. The van der Waals surface area contributed by atoms with Gasteiger partial charge in [-0.25, -0.2) is 4.79 Å². The van der Waals surface area contributed by atoms with E-state index >= 15 is 0 Å². The molecule has 0 heterocycles. The van der Waals surface area contributed by atoms with Gasteiger partial charge in [-0.05, 0) is 12.0 Å². The highest BCUT2D eigenvalue weighted by Gasteiger charge is 2.43. The molecular formula is C18H21BrO4. The molecule has 23 heavy (non-hydrogen) atoms. The molecule has 124 valence electrons. The van der Waals surface area contributed by atoms with E-state index in [0.29, 0.717) is 0 Å². The zero-order chi connectivity index (χ0) is 17.5. The largest absolute Gasteiger partial charge is 0.480 e. The van der Waals surface area contributed by atoms with E-state index in [1.54, 1.807) is 6.92 Å². The average Bonchev–Trinajstić information content (AvgIpc) is 2.51. The van der Waals surface area contributed by atoms with Gasteiger partial charge in [0.15, 0.2) is 0 Å². The number of aliphatic carboxylic acids is 2. The van der Waals surface area contributed by atoms with Gasteiger partial charge >= 0.3 is 11.9 Å². The fraction of sp³-hybridized carbons (Fsp3) is 0.333. The van der Waals surface area contributed by atoms with Gasteiger partial charge in [0.1, 0.15) is 4.32 Å². The molecule has 0 saturated heterocycles. The first-order chi connectivity index (χ1) is 10.8. The molecule has 2 rings (SSSR count). The van der Waals surface area contributed by atoms with Crippen molar-refractivity contribution in [2.24, 2.45) is 5.92 Å². The number of carboxylic acids is 2. The van der Waals surface area contributed by atoms with Crippen molar-refractivity contribution < 1.29 is 19.8 Å². The monoisotopic (exact) mass is 380 g/mol. The third-order valence-electron chi connectivity index (χ3n) is 3.67. The second kappa shape index (κ2) is 8.67. The second-order valence-electron chi connectivity index (χ2n) is 5.32. The van der Waals surface area contributed by atoms with E-state index in [2.05, 4.69) is 53.2 Å². The Morgan fingerprint density at radius 2 is 1.83 bits per heavy atom. The van der Waals surface area contributed by atoms with Crippen molar-refractivity contribution in [3.8, 4) is 0 Å². The number of hydrogen-bond acceptors (Lipinski definition) is 2. The molecule has 2 N–H and O–H groups in total. The van der Waals surface area contributed by atoms with Crippen LogP contribution >= 0.6 is 15.9 Å². The minimum absolute atomic E-state index is 0.0896. The van der Waals surface area contributed by atoms with Crippen molar-refractivity contribution in [2.45, 2.75) is 31.0 Å². The lowest BCUT2D eigenvalue weighted by Gasteiger charge is -2.29. The van der Waals surface area contributed by atoms with Crippen LogP contribution in [0.25, 0.3) is 0 Å². The molecule has 5 heteroatoms. The molecule has 0 amide bonds. The number of carboxylic acid groups (broad SMARTS) is 2. The molecule has 4 nitrogen and oxygen atoms in total. The maximum atomic E-state index is 10.9. The van der Waals surface area contributed by atoms with E-state index in [0.717, 1.165) is 0 Å². The maximum absolute atomic E-state index is 10.9. The van der Waals surface area contributed by atoms with Gasteiger partial charge in [-0.3, -0.25) is 4.79 Å². The normalized spacial score (nSPS) is 22.6. The van der Waals surface area contributed by atoms with Gasteiger partial charge in [-0.15, -0.1) is 0 Å². The number of hydrogen-bond donors (Lipinski definition) is 2. The first-order valence-electron chi connectivity index (χ1n) is 7.41. The summed E-state index contributed by atoms with van der Waals surface area (Å²) in [6.45, 7) is 3.76. The van der Waals surface area contributed by atoms with Crippen LogP contribution in [0.1, 0.15) is 25.8 Å². The van der Waals surface area contributed by atoms with Crippen LogP contribution in [0.3, 0.4) is 0 Å². The highest BCUT2D eigenvalue weighted by molar-refractivity contribution is 9.10. The predicted molar refractivity (Wildman–Crippen MR) is 93.8 cm³/mol. The third-order valence-corrected chi connectivity index (χ3v) is 4.96. The Kier molecular flexibility index (Phi) is 7.23. The summed E-state index contributed by atoms with van der Waals surface area (Å²) >= 11 is 3.04. The summed E-state index contributed by atoms with van der Waals surface area (Å²) in [4.78, 5) is 21.7. The highest BCUT2D eigenvalue weighted by Crippen LogP contribution is 2.37. The summed E-state index contributed by atoms with van der Waals surface area (Å²) in [6, 6.07) is 10.6. The van der Waals surface area contributed by atoms with Crippen molar-refractivity contribution in [1.29, 1.82) is 0 Å². The molecule has 1 aliphatic rings. The number of alkyl halides is 1. The zero-order valence-corrected chi connectivity index (χ0v) is 14.8. The molecule has 1 aromatic carbocycles. The number of rotatable bonds is 4. The van der Waals surface area contributed by atoms with Crippen molar-refractivity contribution in [3.63, 3.8) is 0 Å². The predicted octanol–water partition coefficient (Wildman–Crippen LogP) is 4.06. The second-order valence-corrected chi connectivity index (χ2v) is 6.63. The summed E-state index contributed by atoms with van der Waals surface area (Å²) in [6.07, 6.45) is 6.74. The molecule has 0 saturated carbocycles. The Balaban J connectivity index is 0.000000253. The summed E-state index contributed by atoms with van der Waals surface area (Å²) in [5.74, 6) is -2.79. The molecule has 0 spiro atoms. The molecule has 0 bridgehead atoms. The smallest absolute Gasteiger partial charge is 0.331 e. The van der Waals surface area contributed by atoms with Crippen LogP contribution in [0.15, 0.2) is 54.1 Å². The molecule has 0 radical (unpaired) electrons. The van der Waals surface area contributed by atoms with E-state index < -0.39 is 22.2 Å². The molecule has 0 aliphatic heterocycles. The number of allylic oxidation sites excluding steroid dienone is 2. The van der Waals surface area contributed by atoms with Crippen molar-refractivity contribution >= 4 is 27.9 Å². The Labute approximate surface area is 144 Å². The van der Waals surface area contributed by atoms with Crippen molar-refractivity contribution in [1.82, 2.24) is 0 Å². The van der Waals surface area contributed by atoms with E-state index in [1.165, 1.54) is 36.6 Å². The highest BCUT2D eigenvalue weighted by atomic mass is 79.9. The van der Waals surface area contributed by atoms with Gasteiger partial charge in [-0.1, -0.05) is 84.8 Å². The maximum Gasteiger partial charge on any atom is 0.331 e. The number of halogens is 1.